The predicted molar refractivity (Wildman–Crippen MR) is 80.7 cm³/mol. The molecule has 0 aliphatic rings. The van der Waals surface area contributed by atoms with Crippen molar-refractivity contribution in [2.24, 2.45) is 0 Å². The van der Waals surface area contributed by atoms with E-state index in [0.717, 1.165) is 13.4 Å². The third-order valence-electron chi connectivity index (χ3n) is 0. The van der Waals surface area contributed by atoms with E-state index < -0.39 is 0 Å². The first kappa shape index (κ1) is 29.2. The topological polar surface area (TPSA) is 0 Å². The van der Waals surface area contributed by atoms with Crippen LogP contribution in [0.1, 0.15) is 41.5 Å². The molecule has 0 aromatic rings. The Kier molecular flexibility index (Phi) is 107. The zero-order valence-corrected chi connectivity index (χ0v) is 13.2. The maximum Gasteiger partial charge on any atom is 0.130 e. The first-order valence-corrected chi connectivity index (χ1v) is 6.46. The van der Waals surface area contributed by atoms with Gasteiger partial charge in [-0.1, -0.05) is 82.5 Å². The molecule has 0 atom stereocenters. The second-order valence-corrected chi connectivity index (χ2v) is 3.46. The maximum absolute atomic E-state index is 2.17. The van der Waals surface area contributed by atoms with E-state index in [1.807, 2.05) is 41.5 Å². The van der Waals surface area contributed by atoms with Crippen molar-refractivity contribution in [3.8, 4) is 0 Å². The van der Waals surface area contributed by atoms with Crippen LogP contribution < -0.4 is 0 Å². The molecule has 0 aliphatic carbocycles. The highest BCUT2D eigenvalue weighted by Gasteiger charge is 1.76. The van der Waals surface area contributed by atoms with Gasteiger partial charge in [-0.2, -0.15) is 0 Å². The minimum atomic E-state index is 0.833. The van der Waals surface area contributed by atoms with Crippen molar-refractivity contribution in [1.82, 2.24) is 0 Å². The molecule has 14 heavy (non-hydrogen) atoms. The quantitative estimate of drug-likeness (QED) is 0.434. The number of rotatable bonds is 0. The summed E-state index contributed by atoms with van der Waals surface area (Å²) < 4.78 is 0. The summed E-state index contributed by atoms with van der Waals surface area (Å²) >= 11 is 0. The van der Waals surface area contributed by atoms with Gasteiger partial charge < -0.3 is 0 Å². The van der Waals surface area contributed by atoms with Gasteiger partial charge in [-0.15, -0.1) is 0 Å². The second-order valence-electron chi connectivity index (χ2n) is 3.46. The largest absolute Gasteiger partial charge is 0.130 e. The molecule has 2 heteroatoms. The lowest BCUT2D eigenvalue weighted by Crippen LogP contribution is -1.84. The van der Waals surface area contributed by atoms with E-state index in [1.54, 1.807) is 0 Å². The molecule has 0 amide bonds. The average Bonchev–Trinajstić information content (AvgIpc) is 2.12. The summed E-state index contributed by atoms with van der Waals surface area (Å²) in [5.41, 5.74) is 0. The minimum Gasteiger partial charge on any atom is -0.0865 e. The maximum atomic E-state index is 2.17. The Bertz CT molecular complexity index is 23.8. The molecular weight excluding hydrogens is 166 g/mol. The third kappa shape index (κ3) is 89100. The summed E-state index contributed by atoms with van der Waals surface area (Å²) in [5.74, 6) is 0. The molecule has 0 aliphatic heterocycles. The van der Waals surface area contributed by atoms with E-state index in [1.165, 1.54) is 0 Å². The molecule has 0 unspecified atom stereocenters. The third-order valence-corrected chi connectivity index (χ3v) is 0. The average molecular weight is 202 g/mol. The Morgan fingerprint density at radius 3 is 0.357 bits per heavy atom. The highest BCUT2D eigenvalue weighted by Crippen LogP contribution is 1.68. The molecule has 0 spiro atoms. The number of hydrogen-bond acceptors (Lipinski definition) is 0. The lowest BCUT2D eigenvalue weighted by Gasteiger charge is -1.71. The van der Waals surface area contributed by atoms with E-state index in [-0.39, 0.29) is 0 Å². The van der Waals surface area contributed by atoms with E-state index in [0.29, 0.717) is 0 Å². The summed E-state index contributed by atoms with van der Waals surface area (Å²) in [6.07, 6.45) is 0. The molecule has 0 rings (SSSR count). The van der Waals surface area contributed by atoms with E-state index in [4.69, 9.17) is 0 Å². The van der Waals surface area contributed by atoms with Crippen LogP contribution in [0.15, 0.2) is 0 Å². The molecule has 0 fully saturated rings. The molecule has 0 saturated carbocycles. The zero-order chi connectivity index (χ0) is 13.2. The van der Waals surface area contributed by atoms with Crippen LogP contribution in [-0.2, 0) is 0 Å². The standard InChI is InChI=1S/2C3H9B.3C2H6/c2*1-4(2)3;3*1-2/h2*1-3H3;3*1-2H3. The summed E-state index contributed by atoms with van der Waals surface area (Å²) in [6, 6.07) is 0. The van der Waals surface area contributed by atoms with Crippen molar-refractivity contribution in [3.05, 3.63) is 0 Å². The Morgan fingerprint density at radius 2 is 0.357 bits per heavy atom. The SMILES string of the molecule is CB(C)C.CB(C)C.CC.CC.CC. The van der Waals surface area contributed by atoms with Crippen LogP contribution in [0.4, 0.5) is 0 Å². The fraction of sp³-hybridized carbons (Fsp3) is 1.00. The summed E-state index contributed by atoms with van der Waals surface area (Å²) in [5, 5.41) is 0. The molecule has 0 aromatic heterocycles. The fourth-order valence-corrected chi connectivity index (χ4v) is 0. The first-order chi connectivity index (χ1) is 6.46. The van der Waals surface area contributed by atoms with Crippen LogP contribution in [0.2, 0.25) is 40.9 Å². The van der Waals surface area contributed by atoms with Crippen molar-refractivity contribution >= 4 is 13.4 Å². The van der Waals surface area contributed by atoms with Gasteiger partial charge in [-0.25, -0.2) is 0 Å². The van der Waals surface area contributed by atoms with Gasteiger partial charge in [0.05, 0.1) is 0 Å². The molecule has 0 heterocycles. The van der Waals surface area contributed by atoms with Crippen LogP contribution in [0.3, 0.4) is 0 Å². The number of hydrogen-bond donors (Lipinski definition) is 0. The van der Waals surface area contributed by atoms with Gasteiger partial charge in [0.1, 0.15) is 13.4 Å². The molecule has 0 radical (unpaired) electrons. The van der Waals surface area contributed by atoms with Crippen LogP contribution in [0, 0.1) is 0 Å². The molecule has 0 saturated heterocycles. The van der Waals surface area contributed by atoms with Gasteiger partial charge in [-0.05, 0) is 0 Å². The smallest absolute Gasteiger partial charge is 0.0865 e. The van der Waals surface area contributed by atoms with Crippen LogP contribution in [0.25, 0.3) is 0 Å². The van der Waals surface area contributed by atoms with Gasteiger partial charge in [0.2, 0.25) is 0 Å². The molecule has 90 valence electrons. The molecular formula is C12H36B2. The van der Waals surface area contributed by atoms with Gasteiger partial charge >= 0.3 is 0 Å². The highest BCUT2D eigenvalue weighted by atomic mass is 13.2. The predicted octanol–water partition coefficient (Wildman–Crippen LogP) is 5.82. The second kappa shape index (κ2) is 51.4. The highest BCUT2D eigenvalue weighted by molar-refractivity contribution is 6.54. The van der Waals surface area contributed by atoms with Crippen LogP contribution >= 0.6 is 0 Å². The zero-order valence-electron chi connectivity index (χ0n) is 13.2. The van der Waals surface area contributed by atoms with Crippen molar-refractivity contribution in [1.29, 1.82) is 0 Å². The normalized spacial score (nSPS) is 5.14. The van der Waals surface area contributed by atoms with Crippen molar-refractivity contribution in [2.45, 2.75) is 82.5 Å². The van der Waals surface area contributed by atoms with Crippen molar-refractivity contribution in [2.75, 3.05) is 0 Å². The molecule has 0 nitrogen and oxygen atoms in total. The monoisotopic (exact) mass is 202 g/mol. The first-order valence-electron chi connectivity index (χ1n) is 6.46. The van der Waals surface area contributed by atoms with Gasteiger partial charge in [0, 0.05) is 0 Å². The Labute approximate surface area is 96.4 Å². The van der Waals surface area contributed by atoms with E-state index >= 15 is 0 Å². The summed E-state index contributed by atoms with van der Waals surface area (Å²) in [7, 11) is 0. The Morgan fingerprint density at radius 1 is 0.357 bits per heavy atom. The Hall–Kier alpha value is 0.130. The lowest BCUT2D eigenvalue weighted by atomic mass is 9.58. The van der Waals surface area contributed by atoms with Crippen molar-refractivity contribution in [3.63, 3.8) is 0 Å². The van der Waals surface area contributed by atoms with Crippen LogP contribution in [-0.4, -0.2) is 13.4 Å². The lowest BCUT2D eigenvalue weighted by molar-refractivity contribution is 1.50. The minimum absolute atomic E-state index is 0.833. The van der Waals surface area contributed by atoms with Gasteiger partial charge in [0.25, 0.3) is 0 Å². The van der Waals surface area contributed by atoms with Gasteiger partial charge in [0.15, 0.2) is 0 Å². The molecule has 0 aromatic carbocycles. The van der Waals surface area contributed by atoms with Crippen molar-refractivity contribution < 1.29 is 0 Å². The molecule has 0 N–H and O–H groups in total. The molecule has 0 bridgehead atoms. The van der Waals surface area contributed by atoms with Crippen LogP contribution in [0.5, 0.6) is 0 Å². The summed E-state index contributed by atoms with van der Waals surface area (Å²) in [4.78, 5) is 0. The summed E-state index contributed by atoms with van der Waals surface area (Å²) in [6.45, 7) is 26.7. The fourth-order valence-electron chi connectivity index (χ4n) is 0. The van der Waals surface area contributed by atoms with E-state index in [9.17, 15) is 0 Å². The van der Waals surface area contributed by atoms with E-state index in [2.05, 4.69) is 40.9 Å². The van der Waals surface area contributed by atoms with Gasteiger partial charge in [-0.3, -0.25) is 0 Å². The Balaban J connectivity index is -0.0000000255.